The van der Waals surface area contributed by atoms with Crippen molar-refractivity contribution in [3.8, 4) is 17.6 Å². The lowest BCUT2D eigenvalue weighted by molar-refractivity contribution is 0.281. The average Bonchev–Trinajstić information content (AvgIpc) is 2.73. The molecule has 1 unspecified atom stereocenters. The topological polar surface area (TPSA) is 131 Å². The molecule has 0 fully saturated rings. The zero-order valence-corrected chi connectivity index (χ0v) is 17.0. The van der Waals surface area contributed by atoms with Gasteiger partial charge in [-0.25, -0.2) is 9.19 Å². The van der Waals surface area contributed by atoms with E-state index in [-0.39, 0.29) is 18.4 Å². The molecule has 0 aliphatic carbocycles. The van der Waals surface area contributed by atoms with Gasteiger partial charge in [0.15, 0.2) is 0 Å². The third-order valence-corrected chi connectivity index (χ3v) is 4.76. The number of aliphatic hydroxyl groups excluding tert-OH is 1. The molecule has 0 bridgehead atoms. The summed E-state index contributed by atoms with van der Waals surface area (Å²) in [5, 5.41) is 25.1. The predicted octanol–water partition coefficient (Wildman–Crippen LogP) is 2.72. The van der Waals surface area contributed by atoms with Crippen LogP contribution in [0.25, 0.3) is 0 Å². The first-order valence-electron chi connectivity index (χ1n) is 9.05. The summed E-state index contributed by atoms with van der Waals surface area (Å²) in [4.78, 5) is 9.17. The molecular weight excluding hydrogens is 402 g/mol. The van der Waals surface area contributed by atoms with Crippen LogP contribution in [-0.2, 0) is 10.6 Å². The Bertz CT molecular complexity index is 1160. The van der Waals surface area contributed by atoms with Crippen LogP contribution in [0.1, 0.15) is 18.1 Å². The Balaban J connectivity index is 1.89. The van der Waals surface area contributed by atoms with Gasteiger partial charge in [0, 0.05) is 22.2 Å². The van der Waals surface area contributed by atoms with E-state index in [1.165, 1.54) is 0 Å². The van der Waals surface area contributed by atoms with E-state index in [4.69, 9.17) is 4.78 Å². The monoisotopic (exact) mass is 423 g/mol. The summed E-state index contributed by atoms with van der Waals surface area (Å²) in [7, 11) is -2.14. The van der Waals surface area contributed by atoms with Crippen molar-refractivity contribution in [2.45, 2.75) is 17.9 Å². The van der Waals surface area contributed by atoms with Gasteiger partial charge in [0.25, 0.3) is 0 Å². The first kappa shape index (κ1) is 21.1. The lowest BCUT2D eigenvalue weighted by atomic mass is 10.2. The molecule has 8 nitrogen and oxygen atoms in total. The maximum Gasteiger partial charge on any atom is 0.229 e. The van der Waals surface area contributed by atoms with Crippen molar-refractivity contribution >= 4 is 28.0 Å². The fourth-order valence-electron chi connectivity index (χ4n) is 2.46. The van der Waals surface area contributed by atoms with Gasteiger partial charge in [-0.2, -0.15) is 4.98 Å². The number of phenols is 1. The van der Waals surface area contributed by atoms with Gasteiger partial charge >= 0.3 is 0 Å². The number of rotatable bonds is 6. The highest BCUT2D eigenvalue weighted by atomic mass is 32.2. The minimum atomic E-state index is -2.14. The van der Waals surface area contributed by atoms with E-state index in [1.807, 2.05) is 6.92 Å². The van der Waals surface area contributed by atoms with Crippen molar-refractivity contribution in [1.29, 1.82) is 4.78 Å². The molecule has 1 heterocycles. The SMILES string of the molecule is C[C@H](CO)Nc1nc(Nc2ccc([SH](=N)=O)cc2)ncc1C#Cc1cccc(O)c1. The molecule has 2 atom stereocenters. The molecule has 0 radical (unpaired) electrons. The summed E-state index contributed by atoms with van der Waals surface area (Å²) in [5.74, 6) is 6.84. The number of hydrogen-bond acceptors (Lipinski definition) is 8. The Hall–Kier alpha value is -3.61. The van der Waals surface area contributed by atoms with E-state index >= 15 is 0 Å². The molecule has 3 rings (SSSR count). The normalized spacial score (nSPS) is 12.3. The van der Waals surface area contributed by atoms with E-state index in [2.05, 4.69) is 32.4 Å². The largest absolute Gasteiger partial charge is 0.508 e. The molecule has 0 saturated heterocycles. The highest BCUT2D eigenvalue weighted by molar-refractivity contribution is 7.73. The third kappa shape index (κ3) is 5.70. The molecular formula is C21H21N5O3S. The zero-order chi connectivity index (χ0) is 21.5. The van der Waals surface area contributed by atoms with Crippen molar-refractivity contribution in [1.82, 2.24) is 9.97 Å². The number of nitrogens with one attached hydrogen (secondary N) is 3. The van der Waals surface area contributed by atoms with Crippen molar-refractivity contribution < 1.29 is 14.4 Å². The van der Waals surface area contributed by atoms with Crippen LogP contribution in [0.15, 0.2) is 59.6 Å². The standard InChI is InChI=1S/C21H21N5O3S/c1-14(13-27)24-20-16(6-5-15-3-2-4-18(28)11-15)12-23-21(26-20)25-17-7-9-19(10-8-17)30(22)29/h2-4,7-12,14,22,27-28,30H,13H2,1H3,(H2,23,24,25,26)/t14-/m1/s1. The first-order chi connectivity index (χ1) is 14.4. The van der Waals surface area contributed by atoms with E-state index in [0.717, 1.165) is 0 Å². The molecule has 2 aromatic carbocycles. The van der Waals surface area contributed by atoms with E-state index < -0.39 is 10.6 Å². The lowest BCUT2D eigenvalue weighted by Gasteiger charge is -2.14. The van der Waals surface area contributed by atoms with E-state index in [9.17, 15) is 14.4 Å². The van der Waals surface area contributed by atoms with Crippen LogP contribution in [0.2, 0.25) is 0 Å². The van der Waals surface area contributed by atoms with Gasteiger partial charge in [-0.1, -0.05) is 17.9 Å². The fraction of sp³-hybridized carbons (Fsp3) is 0.143. The second kappa shape index (κ2) is 9.73. The number of phenolic OH excluding ortho intramolecular Hbond substituents is 1. The Morgan fingerprint density at radius 2 is 1.97 bits per heavy atom. The average molecular weight is 423 g/mol. The molecule has 0 amide bonds. The predicted molar refractivity (Wildman–Crippen MR) is 117 cm³/mol. The van der Waals surface area contributed by atoms with Crippen LogP contribution in [0.4, 0.5) is 17.5 Å². The van der Waals surface area contributed by atoms with Crippen LogP contribution in [0.5, 0.6) is 5.75 Å². The minimum Gasteiger partial charge on any atom is -0.508 e. The number of aromatic hydroxyl groups is 1. The first-order valence-corrected chi connectivity index (χ1v) is 10.3. The number of aliphatic hydroxyl groups is 1. The molecule has 30 heavy (non-hydrogen) atoms. The molecule has 9 heteroatoms. The summed E-state index contributed by atoms with van der Waals surface area (Å²) < 4.78 is 18.5. The molecule has 154 valence electrons. The number of anilines is 3. The summed E-state index contributed by atoms with van der Waals surface area (Å²) in [6.45, 7) is 1.72. The molecule has 0 spiro atoms. The smallest absolute Gasteiger partial charge is 0.229 e. The molecule has 0 aliphatic heterocycles. The highest BCUT2D eigenvalue weighted by Gasteiger charge is 2.09. The van der Waals surface area contributed by atoms with Crippen LogP contribution in [0, 0.1) is 16.6 Å². The van der Waals surface area contributed by atoms with Crippen molar-refractivity contribution in [3.63, 3.8) is 0 Å². The lowest BCUT2D eigenvalue weighted by Crippen LogP contribution is -2.21. The Labute approximate surface area is 176 Å². The fourth-order valence-corrected chi connectivity index (χ4v) is 2.87. The second-order valence-corrected chi connectivity index (χ2v) is 7.56. The minimum absolute atomic E-state index is 0.0844. The Morgan fingerprint density at radius 1 is 1.20 bits per heavy atom. The summed E-state index contributed by atoms with van der Waals surface area (Å²) in [6.07, 6.45) is 1.56. The number of nitrogens with zero attached hydrogens (tertiary/aromatic N) is 2. The molecule has 0 saturated carbocycles. The second-order valence-electron chi connectivity index (χ2n) is 6.45. The number of hydrogen-bond donors (Lipinski definition) is 6. The molecule has 1 aromatic heterocycles. The molecule has 5 N–H and O–H groups in total. The van der Waals surface area contributed by atoms with Gasteiger partial charge in [-0.05, 0) is 49.4 Å². The van der Waals surface area contributed by atoms with Crippen LogP contribution in [0.3, 0.4) is 0 Å². The molecule has 3 aromatic rings. The maximum absolute atomic E-state index is 11.2. The van der Waals surface area contributed by atoms with Crippen LogP contribution >= 0.6 is 0 Å². The van der Waals surface area contributed by atoms with Gasteiger partial charge in [-0.15, -0.1) is 0 Å². The summed E-state index contributed by atoms with van der Waals surface area (Å²) >= 11 is 0. The Kier molecular flexibility index (Phi) is 6.85. The van der Waals surface area contributed by atoms with Gasteiger partial charge < -0.3 is 20.8 Å². The van der Waals surface area contributed by atoms with Gasteiger partial charge in [0.05, 0.1) is 29.0 Å². The van der Waals surface area contributed by atoms with E-state index in [0.29, 0.717) is 33.5 Å². The number of thiol groups is 1. The number of aromatic nitrogens is 2. The van der Waals surface area contributed by atoms with Gasteiger partial charge in [-0.3, -0.25) is 4.78 Å². The quantitative estimate of drug-likeness (QED) is 0.265. The maximum atomic E-state index is 11.2. The van der Waals surface area contributed by atoms with Crippen molar-refractivity contribution in [2.24, 2.45) is 0 Å². The summed E-state index contributed by atoms with van der Waals surface area (Å²) in [5.41, 5.74) is 1.85. The highest BCUT2D eigenvalue weighted by Crippen LogP contribution is 2.19. The zero-order valence-electron chi connectivity index (χ0n) is 16.1. The van der Waals surface area contributed by atoms with Gasteiger partial charge in [0.1, 0.15) is 11.6 Å². The Morgan fingerprint density at radius 3 is 2.63 bits per heavy atom. The van der Waals surface area contributed by atoms with E-state index in [1.54, 1.807) is 54.7 Å². The van der Waals surface area contributed by atoms with Crippen LogP contribution < -0.4 is 10.6 Å². The van der Waals surface area contributed by atoms with Crippen molar-refractivity contribution in [3.05, 3.63) is 65.9 Å². The third-order valence-electron chi connectivity index (χ3n) is 3.99. The van der Waals surface area contributed by atoms with Gasteiger partial charge in [0.2, 0.25) is 5.95 Å². The number of benzene rings is 2. The molecule has 0 aliphatic rings. The summed E-state index contributed by atoms with van der Waals surface area (Å²) in [6, 6.07) is 13.0. The van der Waals surface area contributed by atoms with Crippen molar-refractivity contribution in [2.75, 3.05) is 17.2 Å². The van der Waals surface area contributed by atoms with Crippen LogP contribution in [-0.4, -0.2) is 37.0 Å².